The fraction of sp³-hybridized carbons (Fsp3) is 0.333. The van der Waals surface area contributed by atoms with E-state index in [-0.39, 0.29) is 11.5 Å². The first-order valence-corrected chi connectivity index (χ1v) is 6.67. The van der Waals surface area contributed by atoms with Gasteiger partial charge in [-0.3, -0.25) is 9.59 Å². The third kappa shape index (κ3) is 5.59. The van der Waals surface area contributed by atoms with E-state index in [9.17, 15) is 22.8 Å². The maximum atomic E-state index is 12.6. The van der Waals surface area contributed by atoms with Gasteiger partial charge in [-0.05, 0) is 37.6 Å². The van der Waals surface area contributed by atoms with Crippen molar-refractivity contribution in [3.63, 3.8) is 0 Å². The summed E-state index contributed by atoms with van der Waals surface area (Å²) in [6.07, 6.45) is -2.08. The average Bonchev–Trinajstić information content (AvgIpc) is 2.44. The largest absolute Gasteiger partial charge is 0.416 e. The van der Waals surface area contributed by atoms with Crippen molar-refractivity contribution in [1.29, 1.82) is 0 Å². The zero-order chi connectivity index (χ0) is 16.8. The second-order valence-electron chi connectivity index (χ2n) is 4.58. The Morgan fingerprint density at radius 2 is 2.00 bits per heavy atom. The van der Waals surface area contributed by atoms with Crippen molar-refractivity contribution in [1.82, 2.24) is 10.6 Å². The first kappa shape index (κ1) is 17.7. The number of carbonyl (C=O) groups excluding carboxylic acids is 2. The summed E-state index contributed by atoms with van der Waals surface area (Å²) in [5.74, 6) is -0.889. The Morgan fingerprint density at radius 3 is 2.59 bits per heavy atom. The van der Waals surface area contributed by atoms with Gasteiger partial charge in [0.15, 0.2) is 0 Å². The van der Waals surface area contributed by atoms with Crippen LogP contribution in [0.4, 0.5) is 13.2 Å². The molecule has 0 saturated heterocycles. The lowest BCUT2D eigenvalue weighted by Gasteiger charge is -2.11. The van der Waals surface area contributed by atoms with E-state index < -0.39 is 23.7 Å². The summed E-state index contributed by atoms with van der Waals surface area (Å²) in [4.78, 5) is 23.1. The molecular formula is C15H17F3N2O2. The maximum absolute atomic E-state index is 12.6. The second kappa shape index (κ2) is 7.63. The molecule has 0 saturated carbocycles. The predicted octanol–water partition coefficient (Wildman–Crippen LogP) is 2.36. The quantitative estimate of drug-likeness (QED) is 0.820. The molecule has 120 valence electrons. The lowest BCUT2D eigenvalue weighted by atomic mass is 10.1. The molecular weight excluding hydrogens is 297 g/mol. The molecule has 0 unspecified atom stereocenters. The van der Waals surface area contributed by atoms with Gasteiger partial charge in [0.05, 0.1) is 5.56 Å². The van der Waals surface area contributed by atoms with Gasteiger partial charge in [-0.2, -0.15) is 13.2 Å². The van der Waals surface area contributed by atoms with Crippen LogP contribution in [0.2, 0.25) is 0 Å². The van der Waals surface area contributed by atoms with Crippen molar-refractivity contribution in [2.24, 2.45) is 0 Å². The summed E-state index contributed by atoms with van der Waals surface area (Å²) in [6, 6.07) is 3.88. The SMILES string of the molecule is CCNC(=O)[C@@H](C)NC(=O)/C=C/c1cccc(C(F)(F)F)c1. The number of hydrogen-bond donors (Lipinski definition) is 2. The van der Waals surface area contributed by atoms with Gasteiger partial charge >= 0.3 is 6.18 Å². The summed E-state index contributed by atoms with van der Waals surface area (Å²) in [5.41, 5.74) is -0.540. The van der Waals surface area contributed by atoms with E-state index in [4.69, 9.17) is 0 Å². The van der Waals surface area contributed by atoms with Gasteiger partial charge in [0.25, 0.3) is 0 Å². The van der Waals surface area contributed by atoms with E-state index in [0.717, 1.165) is 18.2 Å². The van der Waals surface area contributed by atoms with Crippen LogP contribution in [-0.2, 0) is 15.8 Å². The van der Waals surface area contributed by atoms with Gasteiger partial charge < -0.3 is 10.6 Å². The van der Waals surface area contributed by atoms with Crippen molar-refractivity contribution >= 4 is 17.9 Å². The highest BCUT2D eigenvalue weighted by Crippen LogP contribution is 2.29. The molecule has 1 atom stereocenters. The molecule has 7 heteroatoms. The van der Waals surface area contributed by atoms with Gasteiger partial charge in [-0.1, -0.05) is 12.1 Å². The van der Waals surface area contributed by atoms with Crippen LogP contribution >= 0.6 is 0 Å². The molecule has 0 aliphatic heterocycles. The summed E-state index contributed by atoms with van der Waals surface area (Å²) < 4.78 is 37.7. The van der Waals surface area contributed by atoms with Crippen LogP contribution in [0.3, 0.4) is 0 Å². The fourth-order valence-electron chi connectivity index (χ4n) is 1.64. The summed E-state index contributed by atoms with van der Waals surface area (Å²) in [6.45, 7) is 3.71. The lowest BCUT2D eigenvalue weighted by molar-refractivity contribution is -0.137. The summed E-state index contributed by atoms with van der Waals surface area (Å²) >= 11 is 0. The topological polar surface area (TPSA) is 58.2 Å². The molecule has 0 bridgehead atoms. The molecule has 0 heterocycles. The Hall–Kier alpha value is -2.31. The molecule has 0 spiro atoms. The summed E-state index contributed by atoms with van der Waals surface area (Å²) in [5, 5.41) is 4.97. The van der Waals surface area contributed by atoms with E-state index in [1.54, 1.807) is 6.92 Å². The Balaban J connectivity index is 2.68. The van der Waals surface area contributed by atoms with Crippen molar-refractivity contribution in [3.8, 4) is 0 Å². The minimum atomic E-state index is -4.43. The molecule has 0 radical (unpaired) electrons. The van der Waals surface area contributed by atoms with Gasteiger partial charge in [-0.15, -0.1) is 0 Å². The van der Waals surface area contributed by atoms with E-state index in [1.165, 1.54) is 25.1 Å². The molecule has 1 aromatic carbocycles. The predicted molar refractivity (Wildman–Crippen MR) is 76.8 cm³/mol. The van der Waals surface area contributed by atoms with Gasteiger partial charge in [-0.25, -0.2) is 0 Å². The van der Waals surface area contributed by atoms with Crippen LogP contribution in [0.15, 0.2) is 30.3 Å². The van der Waals surface area contributed by atoms with Crippen molar-refractivity contribution in [2.45, 2.75) is 26.1 Å². The number of hydrogen-bond acceptors (Lipinski definition) is 2. The Labute approximate surface area is 126 Å². The van der Waals surface area contributed by atoms with Crippen molar-refractivity contribution in [3.05, 3.63) is 41.5 Å². The third-order valence-electron chi connectivity index (χ3n) is 2.74. The zero-order valence-electron chi connectivity index (χ0n) is 12.2. The number of rotatable bonds is 5. The molecule has 1 aromatic rings. The highest BCUT2D eigenvalue weighted by molar-refractivity contribution is 5.95. The molecule has 2 N–H and O–H groups in total. The fourth-order valence-corrected chi connectivity index (χ4v) is 1.64. The minimum Gasteiger partial charge on any atom is -0.355 e. The molecule has 0 aromatic heterocycles. The number of halogens is 3. The highest BCUT2D eigenvalue weighted by atomic mass is 19.4. The van der Waals surface area contributed by atoms with Crippen LogP contribution < -0.4 is 10.6 Å². The Kier molecular flexibility index (Phi) is 6.15. The number of nitrogens with one attached hydrogen (secondary N) is 2. The van der Waals surface area contributed by atoms with Crippen molar-refractivity contribution in [2.75, 3.05) is 6.54 Å². The minimum absolute atomic E-state index is 0.246. The maximum Gasteiger partial charge on any atom is 0.416 e. The number of carbonyl (C=O) groups is 2. The highest BCUT2D eigenvalue weighted by Gasteiger charge is 2.30. The standard InChI is InChI=1S/C15H17F3N2O2/c1-3-19-14(22)10(2)20-13(21)8-7-11-5-4-6-12(9-11)15(16,17)18/h4-10H,3H2,1-2H3,(H,19,22)(H,20,21)/b8-7+/t10-/m1/s1. The lowest BCUT2D eigenvalue weighted by Crippen LogP contribution is -2.44. The smallest absolute Gasteiger partial charge is 0.355 e. The average molecular weight is 314 g/mol. The van der Waals surface area contributed by atoms with Gasteiger partial charge in [0.2, 0.25) is 11.8 Å². The van der Waals surface area contributed by atoms with Crippen LogP contribution in [0, 0.1) is 0 Å². The molecule has 0 fully saturated rings. The third-order valence-corrected chi connectivity index (χ3v) is 2.74. The van der Waals surface area contributed by atoms with E-state index in [0.29, 0.717) is 6.54 Å². The normalized spacial score (nSPS) is 13.0. The Bertz CT molecular complexity index is 568. The zero-order valence-corrected chi connectivity index (χ0v) is 12.2. The molecule has 0 aliphatic rings. The second-order valence-corrected chi connectivity index (χ2v) is 4.58. The molecule has 0 aliphatic carbocycles. The number of likely N-dealkylation sites (N-methyl/N-ethyl adjacent to an activating group) is 1. The number of amides is 2. The number of benzene rings is 1. The molecule has 22 heavy (non-hydrogen) atoms. The van der Waals surface area contributed by atoms with Gasteiger partial charge in [0.1, 0.15) is 6.04 Å². The molecule has 1 rings (SSSR count). The first-order valence-electron chi connectivity index (χ1n) is 6.67. The van der Waals surface area contributed by atoms with E-state index >= 15 is 0 Å². The van der Waals surface area contributed by atoms with Gasteiger partial charge in [0, 0.05) is 12.6 Å². The van der Waals surface area contributed by atoms with Crippen molar-refractivity contribution < 1.29 is 22.8 Å². The summed E-state index contributed by atoms with van der Waals surface area (Å²) in [7, 11) is 0. The van der Waals surface area contributed by atoms with Crippen LogP contribution in [0.5, 0.6) is 0 Å². The van der Waals surface area contributed by atoms with Crippen LogP contribution in [0.25, 0.3) is 6.08 Å². The van der Waals surface area contributed by atoms with Crippen LogP contribution in [-0.4, -0.2) is 24.4 Å². The van der Waals surface area contributed by atoms with E-state index in [2.05, 4.69) is 10.6 Å². The molecule has 4 nitrogen and oxygen atoms in total. The first-order chi connectivity index (χ1) is 10.2. The van der Waals surface area contributed by atoms with Crippen LogP contribution in [0.1, 0.15) is 25.0 Å². The Morgan fingerprint density at radius 1 is 1.32 bits per heavy atom. The number of alkyl halides is 3. The van der Waals surface area contributed by atoms with E-state index in [1.807, 2.05) is 0 Å². The monoisotopic (exact) mass is 314 g/mol. The molecule has 2 amide bonds.